The van der Waals surface area contributed by atoms with Crippen molar-refractivity contribution < 1.29 is 14.6 Å². The lowest BCUT2D eigenvalue weighted by atomic mass is 10.1. The Morgan fingerprint density at radius 3 is 2.75 bits per heavy atom. The molecule has 0 fully saturated rings. The number of hydrogen-bond acceptors (Lipinski definition) is 5. The summed E-state index contributed by atoms with van der Waals surface area (Å²) in [5.41, 5.74) is 6.89. The first-order chi connectivity index (χ1) is 7.47. The van der Waals surface area contributed by atoms with Crippen LogP contribution in [-0.4, -0.2) is 36.7 Å². The zero-order valence-electron chi connectivity index (χ0n) is 8.86. The SMILES string of the molecule is COC(=O)[C@@H](CCCNC(=N)N)N[N+](=O)[O-]. The molecule has 0 saturated carbocycles. The molecule has 0 amide bonds. The average molecular weight is 233 g/mol. The van der Waals surface area contributed by atoms with Crippen LogP contribution in [0.3, 0.4) is 0 Å². The molecule has 0 aliphatic rings. The molecule has 0 aromatic carbocycles. The number of hydrazine groups is 1. The number of nitrogens with two attached hydrogens (primary N) is 1. The van der Waals surface area contributed by atoms with E-state index in [9.17, 15) is 14.9 Å². The van der Waals surface area contributed by atoms with Gasteiger partial charge in [-0.25, -0.2) is 14.9 Å². The van der Waals surface area contributed by atoms with Crippen molar-refractivity contribution in [2.75, 3.05) is 13.7 Å². The number of guanidine groups is 1. The molecule has 0 saturated heterocycles. The monoisotopic (exact) mass is 233 g/mol. The smallest absolute Gasteiger partial charge is 0.334 e. The number of hydrogen-bond donors (Lipinski definition) is 4. The van der Waals surface area contributed by atoms with Crippen molar-refractivity contribution in [2.45, 2.75) is 18.9 Å². The highest BCUT2D eigenvalue weighted by Gasteiger charge is 2.22. The molecule has 0 aliphatic heterocycles. The highest BCUT2D eigenvalue weighted by molar-refractivity contribution is 5.75. The summed E-state index contributed by atoms with van der Waals surface area (Å²) in [6, 6.07) is -0.992. The van der Waals surface area contributed by atoms with Crippen LogP contribution in [0.25, 0.3) is 0 Å². The number of esters is 1. The molecule has 92 valence electrons. The maximum atomic E-state index is 11.1. The summed E-state index contributed by atoms with van der Waals surface area (Å²) >= 11 is 0. The van der Waals surface area contributed by atoms with Crippen LogP contribution < -0.4 is 16.5 Å². The minimum absolute atomic E-state index is 0.183. The Kier molecular flexibility index (Phi) is 6.33. The van der Waals surface area contributed by atoms with Gasteiger partial charge < -0.3 is 15.8 Å². The number of nitrogens with one attached hydrogen (secondary N) is 3. The summed E-state index contributed by atoms with van der Waals surface area (Å²) in [6.45, 7) is 0.363. The maximum absolute atomic E-state index is 11.1. The number of nitro groups is 1. The lowest BCUT2D eigenvalue weighted by Crippen LogP contribution is -2.41. The van der Waals surface area contributed by atoms with E-state index >= 15 is 0 Å². The number of nitrogens with zero attached hydrogens (tertiary/aromatic N) is 1. The lowest BCUT2D eigenvalue weighted by Gasteiger charge is -2.11. The van der Waals surface area contributed by atoms with Gasteiger partial charge in [-0.05, 0) is 12.8 Å². The molecular weight excluding hydrogens is 218 g/mol. The van der Waals surface area contributed by atoms with Crippen LogP contribution in [-0.2, 0) is 9.53 Å². The van der Waals surface area contributed by atoms with Gasteiger partial charge in [0, 0.05) is 6.54 Å². The minimum atomic E-state index is -0.992. The van der Waals surface area contributed by atoms with Gasteiger partial charge in [-0.2, -0.15) is 0 Å². The molecule has 9 nitrogen and oxygen atoms in total. The minimum Gasteiger partial charge on any atom is -0.467 e. The zero-order chi connectivity index (χ0) is 12.6. The molecule has 0 rings (SSSR count). The van der Waals surface area contributed by atoms with Crippen LogP contribution in [0, 0.1) is 15.5 Å². The first kappa shape index (κ1) is 13.9. The zero-order valence-corrected chi connectivity index (χ0v) is 8.86. The van der Waals surface area contributed by atoms with Crippen LogP contribution in [0.5, 0.6) is 0 Å². The van der Waals surface area contributed by atoms with Crippen LogP contribution >= 0.6 is 0 Å². The van der Waals surface area contributed by atoms with E-state index in [2.05, 4.69) is 10.1 Å². The van der Waals surface area contributed by atoms with Crippen molar-refractivity contribution in [1.82, 2.24) is 10.7 Å². The van der Waals surface area contributed by atoms with Crippen molar-refractivity contribution in [3.63, 3.8) is 0 Å². The first-order valence-corrected chi connectivity index (χ1v) is 4.53. The molecule has 1 atom stereocenters. The third kappa shape index (κ3) is 6.40. The van der Waals surface area contributed by atoms with Crippen LogP contribution in [0.2, 0.25) is 0 Å². The Morgan fingerprint density at radius 1 is 1.69 bits per heavy atom. The molecule has 0 aliphatic carbocycles. The molecule has 0 unspecified atom stereocenters. The highest BCUT2D eigenvalue weighted by Crippen LogP contribution is 1.98. The second-order valence-electron chi connectivity index (χ2n) is 2.94. The van der Waals surface area contributed by atoms with Crippen molar-refractivity contribution in [1.29, 1.82) is 5.41 Å². The second kappa shape index (κ2) is 7.26. The highest BCUT2D eigenvalue weighted by atomic mass is 16.7. The molecule has 9 heteroatoms. The molecule has 0 aromatic heterocycles. The summed E-state index contributed by atoms with van der Waals surface area (Å²) in [5.74, 6) is -0.878. The van der Waals surface area contributed by atoms with Gasteiger partial charge in [-0.3, -0.25) is 5.41 Å². The van der Waals surface area contributed by atoms with E-state index < -0.39 is 17.0 Å². The molecule has 0 radical (unpaired) electrons. The van der Waals surface area contributed by atoms with E-state index in [1.807, 2.05) is 5.43 Å². The summed E-state index contributed by atoms with van der Waals surface area (Å²) in [6.07, 6.45) is 0.661. The van der Waals surface area contributed by atoms with E-state index in [0.717, 1.165) is 7.11 Å². The lowest BCUT2D eigenvalue weighted by molar-refractivity contribution is -0.549. The molecule has 0 heterocycles. The average Bonchev–Trinajstić information content (AvgIpc) is 2.20. The van der Waals surface area contributed by atoms with Gasteiger partial charge >= 0.3 is 5.97 Å². The third-order valence-electron chi connectivity index (χ3n) is 1.73. The first-order valence-electron chi connectivity index (χ1n) is 4.53. The standard InChI is InChI=1S/C7H15N5O4/c1-16-6(13)5(11-12(14)15)3-2-4-10-7(8)9/h5,11H,2-4H2,1H3,(H4,8,9,10)/t5-/m1/s1. The number of methoxy groups -OCH3 is 1. The Balaban J connectivity index is 3.97. The molecule has 0 spiro atoms. The van der Waals surface area contributed by atoms with Crippen LogP contribution in [0.1, 0.15) is 12.8 Å². The third-order valence-corrected chi connectivity index (χ3v) is 1.73. The maximum Gasteiger partial charge on any atom is 0.334 e. The fourth-order valence-corrected chi connectivity index (χ4v) is 1.03. The van der Waals surface area contributed by atoms with Gasteiger partial charge in [0.2, 0.25) is 0 Å². The van der Waals surface area contributed by atoms with E-state index in [0.29, 0.717) is 13.0 Å². The second-order valence-corrected chi connectivity index (χ2v) is 2.94. The largest absolute Gasteiger partial charge is 0.467 e. The Morgan fingerprint density at radius 2 is 2.31 bits per heavy atom. The van der Waals surface area contributed by atoms with E-state index in [1.165, 1.54) is 0 Å². The van der Waals surface area contributed by atoms with Crippen LogP contribution in [0.15, 0.2) is 0 Å². The van der Waals surface area contributed by atoms with Gasteiger partial charge in [-0.15, -0.1) is 5.43 Å². The van der Waals surface area contributed by atoms with E-state index in [-0.39, 0.29) is 12.4 Å². The Labute approximate surface area is 92.0 Å². The van der Waals surface area contributed by atoms with Crippen molar-refractivity contribution in [3.8, 4) is 0 Å². The molecule has 16 heavy (non-hydrogen) atoms. The van der Waals surface area contributed by atoms with E-state index in [1.54, 1.807) is 0 Å². The van der Waals surface area contributed by atoms with Crippen molar-refractivity contribution >= 4 is 11.9 Å². The summed E-state index contributed by atoms with van der Waals surface area (Å²) in [5, 5.41) is 18.8. The summed E-state index contributed by atoms with van der Waals surface area (Å²) in [7, 11) is 1.16. The van der Waals surface area contributed by atoms with Crippen LogP contribution in [0.4, 0.5) is 0 Å². The molecule has 5 N–H and O–H groups in total. The quantitative estimate of drug-likeness (QED) is 0.105. The number of ether oxygens (including phenoxy) is 1. The Bertz CT molecular complexity index is 270. The predicted octanol–water partition coefficient (Wildman–Crippen LogP) is -1.43. The summed E-state index contributed by atoms with van der Waals surface area (Å²) < 4.78 is 4.40. The van der Waals surface area contributed by atoms with Gasteiger partial charge in [0.15, 0.2) is 17.0 Å². The number of carbonyl (C=O) groups excluding carboxylic acids is 1. The van der Waals surface area contributed by atoms with Crippen molar-refractivity contribution in [2.24, 2.45) is 5.73 Å². The molecule has 0 bridgehead atoms. The van der Waals surface area contributed by atoms with Gasteiger partial charge in [0.1, 0.15) is 0 Å². The van der Waals surface area contributed by atoms with Crippen molar-refractivity contribution in [3.05, 3.63) is 10.1 Å². The van der Waals surface area contributed by atoms with Gasteiger partial charge in [0.25, 0.3) is 0 Å². The molecular formula is C7H15N5O4. The topological polar surface area (TPSA) is 143 Å². The number of rotatable bonds is 7. The van der Waals surface area contributed by atoms with Gasteiger partial charge in [-0.1, -0.05) is 0 Å². The number of carbonyl (C=O) groups is 1. The van der Waals surface area contributed by atoms with Gasteiger partial charge in [0.05, 0.1) is 7.11 Å². The Hall–Kier alpha value is -2.06. The fourth-order valence-electron chi connectivity index (χ4n) is 1.03. The predicted molar refractivity (Wildman–Crippen MR) is 55.1 cm³/mol. The normalized spacial score (nSPS) is 11.3. The summed E-state index contributed by atoms with van der Waals surface area (Å²) in [4.78, 5) is 21.3. The molecule has 0 aromatic rings. The fraction of sp³-hybridized carbons (Fsp3) is 0.714. The van der Waals surface area contributed by atoms with E-state index in [4.69, 9.17) is 11.1 Å².